The smallest absolute Gasteiger partial charge is 0.230 e. The molecule has 8 heteroatoms. The summed E-state index contributed by atoms with van der Waals surface area (Å²) in [6.45, 7) is 1.21. The topological polar surface area (TPSA) is 77.1 Å². The van der Waals surface area contributed by atoms with Gasteiger partial charge < -0.3 is 24.4 Å². The van der Waals surface area contributed by atoms with Gasteiger partial charge in [0.15, 0.2) is 11.5 Å². The molecular formula is C26H27FN2O5. The van der Waals surface area contributed by atoms with Gasteiger partial charge >= 0.3 is 0 Å². The highest BCUT2D eigenvalue weighted by atomic mass is 19.1. The fourth-order valence-electron chi connectivity index (χ4n) is 5.28. The van der Waals surface area contributed by atoms with Crippen molar-refractivity contribution >= 4 is 11.8 Å². The Balaban J connectivity index is 1.25. The molecule has 2 amide bonds. The zero-order valence-electron chi connectivity index (χ0n) is 19.1. The molecule has 2 bridgehead atoms. The summed E-state index contributed by atoms with van der Waals surface area (Å²) in [4.78, 5) is 28.3. The SMILES string of the molecule is COc1ccc(CCN2CC34C=CC(O3)C(C(=O)NCc3ccc(F)cc3)C4C2=O)cc1OC. The first-order chi connectivity index (χ1) is 16.4. The van der Waals surface area contributed by atoms with Crippen molar-refractivity contribution in [2.45, 2.75) is 24.7 Å². The number of hydrogen-bond donors (Lipinski definition) is 1. The number of halogens is 1. The van der Waals surface area contributed by atoms with Crippen molar-refractivity contribution in [3.05, 3.63) is 71.6 Å². The second-order valence-electron chi connectivity index (χ2n) is 8.94. The van der Waals surface area contributed by atoms with Crippen LogP contribution in [0.4, 0.5) is 4.39 Å². The molecule has 2 aromatic rings. The van der Waals surface area contributed by atoms with Gasteiger partial charge in [0.2, 0.25) is 11.8 Å². The van der Waals surface area contributed by atoms with E-state index in [1.54, 1.807) is 31.3 Å². The number of hydrogen-bond acceptors (Lipinski definition) is 5. The van der Waals surface area contributed by atoms with Crippen LogP contribution < -0.4 is 14.8 Å². The molecule has 0 saturated carbocycles. The number of ether oxygens (including phenoxy) is 3. The first kappa shape index (κ1) is 22.4. The summed E-state index contributed by atoms with van der Waals surface area (Å²) in [5.41, 5.74) is 1.06. The number of amides is 2. The van der Waals surface area contributed by atoms with Gasteiger partial charge in [-0.15, -0.1) is 0 Å². The molecule has 4 atom stereocenters. The Morgan fingerprint density at radius 2 is 1.88 bits per heavy atom. The summed E-state index contributed by atoms with van der Waals surface area (Å²) in [7, 11) is 3.18. The van der Waals surface area contributed by atoms with Crippen molar-refractivity contribution in [3.8, 4) is 11.5 Å². The van der Waals surface area contributed by atoms with Crippen molar-refractivity contribution in [3.63, 3.8) is 0 Å². The first-order valence-electron chi connectivity index (χ1n) is 11.3. The van der Waals surface area contributed by atoms with E-state index in [0.717, 1.165) is 11.1 Å². The monoisotopic (exact) mass is 466 g/mol. The molecular weight excluding hydrogens is 439 g/mol. The molecule has 0 radical (unpaired) electrons. The minimum Gasteiger partial charge on any atom is -0.493 e. The number of methoxy groups -OCH3 is 2. The third-order valence-electron chi connectivity index (χ3n) is 6.98. The molecule has 3 aliphatic rings. The Kier molecular flexibility index (Phi) is 5.77. The average Bonchev–Trinajstić information content (AvgIpc) is 3.50. The first-order valence-corrected chi connectivity index (χ1v) is 11.3. The molecule has 1 spiro atoms. The molecule has 3 aliphatic heterocycles. The summed E-state index contributed by atoms with van der Waals surface area (Å²) in [6.07, 6.45) is 4.07. The highest BCUT2D eigenvalue weighted by Crippen LogP contribution is 2.51. The Hall–Kier alpha value is -3.39. The predicted molar refractivity (Wildman–Crippen MR) is 122 cm³/mol. The molecule has 0 aliphatic carbocycles. The molecule has 2 aromatic carbocycles. The fraction of sp³-hybridized carbons (Fsp3) is 0.385. The van der Waals surface area contributed by atoms with Gasteiger partial charge in [0.05, 0.1) is 38.7 Å². The van der Waals surface area contributed by atoms with Gasteiger partial charge in [0.25, 0.3) is 0 Å². The standard InChI is InChI=1S/C26H27FN2O5/c1-32-19-8-5-16(13-21(19)33-2)10-12-29-15-26-11-9-20(34-26)22(23(26)25(29)31)24(30)28-14-17-3-6-18(27)7-4-17/h3-9,11,13,20,22-23H,10,12,14-15H2,1-2H3,(H,28,30). The van der Waals surface area contributed by atoms with Crippen molar-refractivity contribution in [1.82, 2.24) is 10.2 Å². The number of likely N-dealkylation sites (tertiary alicyclic amines) is 1. The number of benzene rings is 2. The largest absolute Gasteiger partial charge is 0.493 e. The normalized spacial score (nSPS) is 26.6. The second kappa shape index (κ2) is 8.76. The van der Waals surface area contributed by atoms with Gasteiger partial charge in [-0.3, -0.25) is 9.59 Å². The van der Waals surface area contributed by atoms with Crippen LogP contribution in [0.25, 0.3) is 0 Å². The third-order valence-corrected chi connectivity index (χ3v) is 6.98. The summed E-state index contributed by atoms with van der Waals surface area (Å²) >= 11 is 0. The van der Waals surface area contributed by atoms with Crippen LogP contribution in [0, 0.1) is 17.7 Å². The van der Waals surface area contributed by atoms with E-state index in [1.165, 1.54) is 12.1 Å². The lowest BCUT2D eigenvalue weighted by Crippen LogP contribution is -2.44. The molecule has 2 saturated heterocycles. The van der Waals surface area contributed by atoms with E-state index in [-0.39, 0.29) is 24.2 Å². The van der Waals surface area contributed by atoms with E-state index in [2.05, 4.69) is 5.32 Å². The Bertz CT molecular complexity index is 1130. The van der Waals surface area contributed by atoms with E-state index >= 15 is 0 Å². The van der Waals surface area contributed by atoms with Crippen molar-refractivity contribution in [2.75, 3.05) is 27.3 Å². The minimum atomic E-state index is -0.753. The lowest BCUT2D eigenvalue weighted by molar-refractivity contribution is -0.137. The molecule has 178 valence electrons. The summed E-state index contributed by atoms with van der Waals surface area (Å²) in [6, 6.07) is 11.7. The lowest BCUT2D eigenvalue weighted by atomic mass is 9.77. The van der Waals surface area contributed by atoms with Crippen LogP contribution in [0.5, 0.6) is 11.5 Å². The maximum absolute atomic E-state index is 13.4. The zero-order chi connectivity index (χ0) is 23.9. The number of fused-ring (bicyclic) bond motifs is 1. The van der Waals surface area contributed by atoms with Gasteiger partial charge in [-0.1, -0.05) is 30.4 Å². The maximum atomic E-state index is 13.4. The van der Waals surface area contributed by atoms with E-state index in [1.807, 2.05) is 30.4 Å². The quantitative estimate of drug-likeness (QED) is 0.605. The van der Waals surface area contributed by atoms with Crippen LogP contribution in [0.1, 0.15) is 11.1 Å². The van der Waals surface area contributed by atoms with Crippen molar-refractivity contribution < 1.29 is 28.2 Å². The summed E-state index contributed by atoms with van der Waals surface area (Å²) in [5, 5.41) is 2.90. The fourth-order valence-corrected chi connectivity index (χ4v) is 5.28. The highest BCUT2D eigenvalue weighted by molar-refractivity contribution is 5.93. The number of rotatable bonds is 8. The molecule has 3 heterocycles. The zero-order valence-corrected chi connectivity index (χ0v) is 19.1. The van der Waals surface area contributed by atoms with Crippen LogP contribution in [-0.2, 0) is 27.3 Å². The van der Waals surface area contributed by atoms with Crippen LogP contribution in [0.3, 0.4) is 0 Å². The summed E-state index contributed by atoms with van der Waals surface area (Å²) in [5.74, 6) is -0.429. The lowest BCUT2D eigenvalue weighted by Gasteiger charge is -2.23. The van der Waals surface area contributed by atoms with E-state index in [9.17, 15) is 14.0 Å². The van der Waals surface area contributed by atoms with E-state index in [0.29, 0.717) is 31.0 Å². The predicted octanol–water partition coefficient (Wildman–Crippen LogP) is 2.48. The molecule has 5 rings (SSSR count). The van der Waals surface area contributed by atoms with Gasteiger partial charge in [-0.2, -0.15) is 0 Å². The van der Waals surface area contributed by atoms with Gasteiger partial charge in [0.1, 0.15) is 11.4 Å². The number of carbonyl (C=O) groups excluding carboxylic acids is 2. The molecule has 1 N–H and O–H groups in total. The number of carbonyl (C=O) groups is 2. The average molecular weight is 467 g/mol. The van der Waals surface area contributed by atoms with Crippen molar-refractivity contribution in [2.24, 2.45) is 11.8 Å². The van der Waals surface area contributed by atoms with Crippen LogP contribution in [-0.4, -0.2) is 55.7 Å². The highest BCUT2D eigenvalue weighted by Gasteiger charge is 2.66. The van der Waals surface area contributed by atoms with Crippen LogP contribution in [0.2, 0.25) is 0 Å². The van der Waals surface area contributed by atoms with E-state index < -0.39 is 23.5 Å². The maximum Gasteiger partial charge on any atom is 0.230 e. The second-order valence-corrected chi connectivity index (χ2v) is 8.94. The van der Waals surface area contributed by atoms with Crippen LogP contribution in [0.15, 0.2) is 54.6 Å². The third kappa shape index (κ3) is 3.81. The summed E-state index contributed by atoms with van der Waals surface area (Å²) < 4.78 is 30.0. The Morgan fingerprint density at radius 1 is 1.15 bits per heavy atom. The molecule has 4 unspecified atom stereocenters. The number of nitrogens with one attached hydrogen (secondary N) is 1. The molecule has 34 heavy (non-hydrogen) atoms. The minimum absolute atomic E-state index is 0.0609. The van der Waals surface area contributed by atoms with Gasteiger partial charge in [-0.05, 0) is 41.8 Å². The Labute approximate surface area is 197 Å². The van der Waals surface area contributed by atoms with E-state index in [4.69, 9.17) is 14.2 Å². The van der Waals surface area contributed by atoms with Gasteiger partial charge in [0, 0.05) is 13.1 Å². The molecule has 2 fully saturated rings. The molecule has 0 aromatic heterocycles. The van der Waals surface area contributed by atoms with Crippen molar-refractivity contribution in [1.29, 1.82) is 0 Å². The van der Waals surface area contributed by atoms with Crippen LogP contribution >= 0.6 is 0 Å². The molecule has 7 nitrogen and oxygen atoms in total. The van der Waals surface area contributed by atoms with Gasteiger partial charge in [-0.25, -0.2) is 4.39 Å². The number of nitrogens with zero attached hydrogens (tertiary/aromatic N) is 1. The Morgan fingerprint density at radius 3 is 2.62 bits per heavy atom.